The molecule has 1 heterocycles. The van der Waals surface area contributed by atoms with Gasteiger partial charge in [0.15, 0.2) is 0 Å². The van der Waals surface area contributed by atoms with Crippen LogP contribution in [0.3, 0.4) is 0 Å². The number of thiophene rings is 1. The predicted octanol–water partition coefficient (Wildman–Crippen LogP) is 0.274. The summed E-state index contributed by atoms with van der Waals surface area (Å²) in [6.07, 6.45) is 0. The van der Waals surface area contributed by atoms with Crippen LogP contribution in [0.15, 0.2) is 17.5 Å². The number of hydrogen-bond acceptors (Lipinski definition) is 1. The fraction of sp³-hybridized carbons (Fsp3) is 0. The second kappa shape index (κ2) is 1.98. The molecule has 2 heteroatoms. The van der Waals surface area contributed by atoms with Crippen LogP contribution >= 0.6 is 11.3 Å². The third-order valence-corrected chi connectivity index (χ3v) is 2.96. The van der Waals surface area contributed by atoms with E-state index in [1.54, 1.807) is 0 Å². The fourth-order valence-electron chi connectivity index (χ4n) is 0.291. The first kappa shape index (κ1) is 4.65. The predicted molar refractivity (Wildman–Crippen MR) is 31.1 cm³/mol. The van der Waals surface area contributed by atoms with Crippen molar-refractivity contribution in [3.05, 3.63) is 17.5 Å². The summed E-state index contributed by atoms with van der Waals surface area (Å²) in [4.78, 5) is 0. The van der Waals surface area contributed by atoms with Crippen LogP contribution < -0.4 is 2.89 Å². The minimum absolute atomic E-state index is 1.27. The molecule has 6 heavy (non-hydrogen) atoms. The topological polar surface area (TPSA) is 0 Å². The zero-order valence-corrected chi connectivity index (χ0v) is 7.33. The van der Waals surface area contributed by atoms with Gasteiger partial charge >= 0.3 is 54.3 Å². The van der Waals surface area contributed by atoms with E-state index < -0.39 is 0 Å². The SMILES string of the molecule is [SnH][c]1cccs1. The molecule has 0 saturated heterocycles. The van der Waals surface area contributed by atoms with Gasteiger partial charge in [0.1, 0.15) is 0 Å². The molecule has 1 aromatic heterocycles. The summed E-state index contributed by atoms with van der Waals surface area (Å²) in [6.45, 7) is 0. The van der Waals surface area contributed by atoms with E-state index in [-0.39, 0.29) is 0 Å². The maximum absolute atomic E-state index is 2.16. The quantitative estimate of drug-likeness (QED) is 0.531. The molecule has 0 bridgehead atoms. The van der Waals surface area contributed by atoms with Crippen LogP contribution in [-0.4, -0.2) is 22.5 Å². The Balaban J connectivity index is 3.05. The Labute approximate surface area is 54.3 Å². The molecule has 0 aromatic carbocycles. The first-order chi connectivity index (χ1) is 2.89. The van der Waals surface area contributed by atoms with Gasteiger partial charge in [-0.15, -0.1) is 0 Å². The third kappa shape index (κ3) is 0.979. The van der Waals surface area contributed by atoms with Gasteiger partial charge in [-0.3, -0.25) is 0 Å². The van der Waals surface area contributed by atoms with Crippen molar-refractivity contribution in [2.75, 3.05) is 0 Å². The van der Waals surface area contributed by atoms with Gasteiger partial charge in [-0.1, -0.05) is 0 Å². The van der Waals surface area contributed by atoms with E-state index in [1.165, 1.54) is 25.4 Å². The molecule has 1 aromatic rings. The zero-order valence-electron chi connectivity index (χ0n) is 3.22. The Morgan fingerprint density at radius 1 is 1.67 bits per heavy atom. The summed E-state index contributed by atoms with van der Waals surface area (Å²) in [5.74, 6) is 0. The van der Waals surface area contributed by atoms with E-state index in [2.05, 4.69) is 17.5 Å². The van der Waals surface area contributed by atoms with Crippen molar-refractivity contribution < 1.29 is 0 Å². The maximum atomic E-state index is 2.16. The molecular formula is C4H4SSn. The van der Waals surface area contributed by atoms with Crippen LogP contribution in [0.2, 0.25) is 0 Å². The average Bonchev–Trinajstić information content (AvgIpc) is 1.86. The van der Waals surface area contributed by atoms with E-state index in [0.29, 0.717) is 0 Å². The Hall–Kier alpha value is 0.499. The van der Waals surface area contributed by atoms with Crippen molar-refractivity contribution in [2.45, 2.75) is 0 Å². The van der Waals surface area contributed by atoms with Crippen molar-refractivity contribution in [2.24, 2.45) is 0 Å². The molecule has 0 amide bonds. The minimum atomic E-state index is 1.27. The van der Waals surface area contributed by atoms with E-state index in [1.807, 2.05) is 11.3 Å². The molecule has 0 nitrogen and oxygen atoms in total. The zero-order chi connectivity index (χ0) is 4.41. The second-order valence-corrected chi connectivity index (χ2v) is 4.96. The van der Waals surface area contributed by atoms with Crippen LogP contribution in [0.5, 0.6) is 0 Å². The molecule has 30 valence electrons. The molecule has 0 spiro atoms. The van der Waals surface area contributed by atoms with Crippen LogP contribution in [-0.2, 0) is 0 Å². The molecule has 0 saturated carbocycles. The average molecular weight is 203 g/mol. The van der Waals surface area contributed by atoms with Gasteiger partial charge < -0.3 is 0 Å². The molecule has 1 rings (SSSR count). The molecule has 0 aliphatic carbocycles. The van der Waals surface area contributed by atoms with Gasteiger partial charge in [-0.25, -0.2) is 0 Å². The first-order valence-electron chi connectivity index (χ1n) is 1.68. The monoisotopic (exact) mass is 204 g/mol. The number of rotatable bonds is 0. The van der Waals surface area contributed by atoms with Gasteiger partial charge in [0.05, 0.1) is 0 Å². The Morgan fingerprint density at radius 2 is 2.50 bits per heavy atom. The molecule has 0 N–H and O–H groups in total. The molecular weight excluding hydrogens is 199 g/mol. The van der Waals surface area contributed by atoms with E-state index >= 15 is 0 Å². The summed E-state index contributed by atoms with van der Waals surface area (Å²) in [5.41, 5.74) is 0. The van der Waals surface area contributed by atoms with Crippen LogP contribution in [0.25, 0.3) is 0 Å². The molecule has 0 atom stereocenters. The second-order valence-electron chi connectivity index (χ2n) is 1.02. The Bertz CT molecular complexity index is 111. The van der Waals surface area contributed by atoms with Crippen molar-refractivity contribution in [3.63, 3.8) is 0 Å². The van der Waals surface area contributed by atoms with Crippen molar-refractivity contribution in [1.29, 1.82) is 0 Å². The van der Waals surface area contributed by atoms with Crippen molar-refractivity contribution in [3.8, 4) is 0 Å². The van der Waals surface area contributed by atoms with Gasteiger partial charge in [0.2, 0.25) is 0 Å². The standard InChI is InChI=1S/C4H3S.Sn.H/c1-2-4-5-3-1;;/h1-3H;;. The summed E-state index contributed by atoms with van der Waals surface area (Å²) in [5, 5.41) is 2.11. The first-order valence-corrected chi connectivity index (χ1v) is 4.21. The van der Waals surface area contributed by atoms with E-state index in [4.69, 9.17) is 0 Å². The van der Waals surface area contributed by atoms with Gasteiger partial charge in [0, 0.05) is 0 Å². The summed E-state index contributed by atoms with van der Waals surface area (Å²) >= 11 is 3.11. The Morgan fingerprint density at radius 3 is 2.67 bits per heavy atom. The third-order valence-electron chi connectivity index (χ3n) is 0.543. The van der Waals surface area contributed by atoms with Crippen molar-refractivity contribution in [1.82, 2.24) is 0 Å². The van der Waals surface area contributed by atoms with Gasteiger partial charge in [-0.05, 0) is 0 Å². The molecule has 0 aliphatic heterocycles. The summed E-state index contributed by atoms with van der Waals surface area (Å²) < 4.78 is 1.51. The van der Waals surface area contributed by atoms with Crippen LogP contribution in [0, 0.1) is 0 Å². The van der Waals surface area contributed by atoms with Crippen molar-refractivity contribution >= 4 is 36.8 Å². The van der Waals surface area contributed by atoms with Gasteiger partial charge in [-0.2, -0.15) is 0 Å². The van der Waals surface area contributed by atoms with E-state index in [0.717, 1.165) is 0 Å². The van der Waals surface area contributed by atoms with E-state index in [9.17, 15) is 0 Å². The Kier molecular flexibility index (Phi) is 1.53. The normalized spacial score (nSPS) is 8.83. The molecule has 0 aliphatic rings. The molecule has 0 unspecified atom stereocenters. The van der Waals surface area contributed by atoms with Gasteiger partial charge in [0.25, 0.3) is 0 Å². The summed E-state index contributed by atoms with van der Waals surface area (Å²) in [6, 6.07) is 4.25. The van der Waals surface area contributed by atoms with Crippen LogP contribution in [0.1, 0.15) is 0 Å². The fourth-order valence-corrected chi connectivity index (χ4v) is 1.75. The van der Waals surface area contributed by atoms with Crippen LogP contribution in [0.4, 0.5) is 0 Å². The molecule has 2 radical (unpaired) electrons. The summed E-state index contributed by atoms with van der Waals surface area (Å²) in [7, 11) is 0. The molecule has 0 fully saturated rings. The number of hydrogen-bond donors (Lipinski definition) is 0.